The van der Waals surface area contributed by atoms with Gasteiger partial charge in [-0.25, -0.2) is 10.4 Å². The van der Waals surface area contributed by atoms with E-state index in [9.17, 15) is 9.59 Å². The number of hydrogen-bond acceptors (Lipinski definition) is 5. The molecule has 0 bridgehead atoms. The van der Waals surface area contributed by atoms with E-state index in [1.165, 1.54) is 28.4 Å². The van der Waals surface area contributed by atoms with Gasteiger partial charge in [-0.15, -0.1) is 11.3 Å². The molecule has 2 heterocycles. The van der Waals surface area contributed by atoms with Crippen LogP contribution in [-0.2, 0) is 11.3 Å². The van der Waals surface area contributed by atoms with Gasteiger partial charge < -0.3 is 0 Å². The van der Waals surface area contributed by atoms with Crippen LogP contribution in [0.5, 0.6) is 0 Å². The maximum absolute atomic E-state index is 12.5. The lowest BCUT2D eigenvalue weighted by atomic mass is 10.2. The number of carbonyl (C=O) groups is 1. The molecule has 0 saturated carbocycles. The molecular weight excluding hydrogens is 395 g/mol. The standard InChI is InChI=1S/C17H14Cl2N4O2S/c1-9-10(2)26-16-15(9)17(25)23(8-20-16)7-14(24)22-21-6-11-3-4-12(18)13(19)5-11/h3-6,8H,7H2,1-2H3,(H,22,24). The SMILES string of the molecule is Cc1sc2ncn(CC(=O)NN=Cc3ccc(Cl)c(Cl)c3)c(=O)c2c1C. The second-order valence-corrected chi connectivity index (χ2v) is 7.63. The van der Waals surface area contributed by atoms with E-state index in [0.29, 0.717) is 25.8 Å². The molecule has 1 amide bonds. The second kappa shape index (κ2) is 7.57. The minimum Gasteiger partial charge on any atom is -0.289 e. The van der Waals surface area contributed by atoms with Crippen LogP contribution in [0.4, 0.5) is 0 Å². The zero-order valence-corrected chi connectivity index (χ0v) is 16.2. The summed E-state index contributed by atoms with van der Waals surface area (Å²) in [5, 5.41) is 5.26. The molecule has 9 heteroatoms. The number of hydrogen-bond donors (Lipinski definition) is 1. The number of rotatable bonds is 4. The first-order valence-electron chi connectivity index (χ1n) is 7.59. The Bertz CT molecular complexity index is 1090. The van der Waals surface area contributed by atoms with E-state index in [0.717, 1.165) is 10.4 Å². The van der Waals surface area contributed by atoms with Gasteiger partial charge in [0.25, 0.3) is 11.5 Å². The third kappa shape index (κ3) is 3.80. The highest BCUT2D eigenvalue weighted by Gasteiger charge is 2.13. The summed E-state index contributed by atoms with van der Waals surface area (Å²) in [6.07, 6.45) is 2.82. The maximum Gasteiger partial charge on any atom is 0.262 e. The van der Waals surface area contributed by atoms with E-state index in [2.05, 4.69) is 15.5 Å². The molecule has 0 radical (unpaired) electrons. The van der Waals surface area contributed by atoms with Gasteiger partial charge in [0.15, 0.2) is 0 Å². The van der Waals surface area contributed by atoms with Crippen molar-refractivity contribution < 1.29 is 4.79 Å². The average molecular weight is 409 g/mol. The van der Waals surface area contributed by atoms with Crippen molar-refractivity contribution in [3.05, 3.63) is 60.9 Å². The number of thiophene rings is 1. The van der Waals surface area contributed by atoms with Gasteiger partial charge in [0.1, 0.15) is 11.4 Å². The summed E-state index contributed by atoms with van der Waals surface area (Å²) in [6, 6.07) is 4.98. The molecular formula is C17H14Cl2N4O2S. The van der Waals surface area contributed by atoms with Crippen LogP contribution in [0.1, 0.15) is 16.0 Å². The molecule has 6 nitrogen and oxygen atoms in total. The van der Waals surface area contributed by atoms with Crippen molar-refractivity contribution in [2.75, 3.05) is 0 Å². The van der Waals surface area contributed by atoms with Crippen molar-refractivity contribution in [2.24, 2.45) is 5.10 Å². The summed E-state index contributed by atoms with van der Waals surface area (Å²) < 4.78 is 1.27. The average Bonchev–Trinajstić information content (AvgIpc) is 2.89. The third-order valence-electron chi connectivity index (χ3n) is 3.82. The van der Waals surface area contributed by atoms with Crippen molar-refractivity contribution in [1.29, 1.82) is 0 Å². The first kappa shape index (κ1) is 18.6. The number of nitrogens with zero attached hydrogens (tertiary/aromatic N) is 3. The zero-order valence-electron chi connectivity index (χ0n) is 13.9. The van der Waals surface area contributed by atoms with Gasteiger partial charge >= 0.3 is 0 Å². The molecule has 2 aromatic heterocycles. The first-order chi connectivity index (χ1) is 12.4. The van der Waals surface area contributed by atoms with Gasteiger partial charge in [0.05, 0.1) is 28.0 Å². The smallest absolute Gasteiger partial charge is 0.262 e. The van der Waals surface area contributed by atoms with E-state index in [1.54, 1.807) is 18.2 Å². The van der Waals surface area contributed by atoms with E-state index in [4.69, 9.17) is 23.2 Å². The van der Waals surface area contributed by atoms with Crippen molar-refractivity contribution in [2.45, 2.75) is 20.4 Å². The minimum atomic E-state index is -0.436. The van der Waals surface area contributed by atoms with Crippen LogP contribution in [0.25, 0.3) is 10.2 Å². The van der Waals surface area contributed by atoms with Crippen molar-refractivity contribution >= 4 is 56.9 Å². The van der Waals surface area contributed by atoms with Gasteiger partial charge in [-0.2, -0.15) is 5.10 Å². The minimum absolute atomic E-state index is 0.172. The highest BCUT2D eigenvalue weighted by Crippen LogP contribution is 2.25. The van der Waals surface area contributed by atoms with E-state index < -0.39 is 5.91 Å². The fraction of sp³-hybridized carbons (Fsp3) is 0.176. The Morgan fingerprint density at radius 2 is 2.12 bits per heavy atom. The lowest BCUT2D eigenvalue weighted by molar-refractivity contribution is -0.121. The molecule has 0 unspecified atom stereocenters. The lowest BCUT2D eigenvalue weighted by Gasteiger charge is -2.04. The summed E-state index contributed by atoms with van der Waals surface area (Å²) in [4.78, 5) is 30.6. The normalized spacial score (nSPS) is 11.4. The van der Waals surface area contributed by atoms with Crippen LogP contribution >= 0.6 is 34.5 Å². The number of fused-ring (bicyclic) bond motifs is 1. The van der Waals surface area contributed by atoms with Gasteiger partial charge in [-0.3, -0.25) is 14.2 Å². The molecule has 134 valence electrons. The van der Waals surface area contributed by atoms with Gasteiger partial charge in [-0.05, 0) is 37.1 Å². The molecule has 1 N–H and O–H groups in total. The van der Waals surface area contributed by atoms with Gasteiger partial charge in [0, 0.05) is 4.88 Å². The van der Waals surface area contributed by atoms with E-state index in [-0.39, 0.29) is 12.1 Å². The first-order valence-corrected chi connectivity index (χ1v) is 9.16. The number of benzene rings is 1. The maximum atomic E-state index is 12.5. The third-order valence-corrected chi connectivity index (χ3v) is 5.67. The Hall–Kier alpha value is -2.22. The summed E-state index contributed by atoms with van der Waals surface area (Å²) in [5.74, 6) is -0.436. The predicted molar refractivity (Wildman–Crippen MR) is 106 cm³/mol. The Morgan fingerprint density at radius 3 is 2.85 bits per heavy atom. The van der Waals surface area contributed by atoms with Gasteiger partial charge in [-0.1, -0.05) is 29.3 Å². The topological polar surface area (TPSA) is 76.3 Å². The van der Waals surface area contributed by atoms with Crippen LogP contribution in [0.3, 0.4) is 0 Å². The van der Waals surface area contributed by atoms with Gasteiger partial charge in [0.2, 0.25) is 0 Å². The molecule has 0 aliphatic heterocycles. The molecule has 0 atom stereocenters. The molecule has 0 fully saturated rings. The second-order valence-electron chi connectivity index (χ2n) is 5.61. The Labute approximate surface area is 163 Å². The Balaban J connectivity index is 1.72. The number of hydrazone groups is 1. The quantitative estimate of drug-likeness (QED) is 0.529. The van der Waals surface area contributed by atoms with Crippen LogP contribution in [0.2, 0.25) is 10.0 Å². The number of aromatic nitrogens is 2. The van der Waals surface area contributed by atoms with E-state index in [1.807, 2.05) is 13.8 Å². The highest BCUT2D eigenvalue weighted by molar-refractivity contribution is 7.18. The molecule has 0 spiro atoms. The molecule has 1 aromatic carbocycles. The van der Waals surface area contributed by atoms with Crippen molar-refractivity contribution in [3.63, 3.8) is 0 Å². The van der Waals surface area contributed by atoms with Crippen molar-refractivity contribution in [1.82, 2.24) is 15.0 Å². The van der Waals surface area contributed by atoms with Crippen LogP contribution in [-0.4, -0.2) is 21.7 Å². The fourth-order valence-corrected chi connectivity index (χ4v) is 3.64. The van der Waals surface area contributed by atoms with Crippen molar-refractivity contribution in [3.8, 4) is 0 Å². The number of aryl methyl sites for hydroxylation is 2. The Kier molecular flexibility index (Phi) is 5.41. The molecule has 3 rings (SSSR count). The number of nitrogens with one attached hydrogen (secondary N) is 1. The Morgan fingerprint density at radius 1 is 1.35 bits per heavy atom. The molecule has 3 aromatic rings. The fourth-order valence-electron chi connectivity index (χ4n) is 2.34. The summed E-state index contributed by atoms with van der Waals surface area (Å²) >= 11 is 13.2. The number of amides is 1. The zero-order chi connectivity index (χ0) is 18.8. The lowest BCUT2D eigenvalue weighted by Crippen LogP contribution is -2.30. The molecule has 0 saturated heterocycles. The number of carbonyl (C=O) groups excluding carboxylic acids is 1. The van der Waals surface area contributed by atoms with E-state index >= 15 is 0 Å². The summed E-state index contributed by atoms with van der Waals surface area (Å²) in [7, 11) is 0. The van der Waals surface area contributed by atoms with Crippen LogP contribution < -0.4 is 11.0 Å². The monoisotopic (exact) mass is 408 g/mol. The molecule has 26 heavy (non-hydrogen) atoms. The highest BCUT2D eigenvalue weighted by atomic mass is 35.5. The molecule has 0 aliphatic carbocycles. The summed E-state index contributed by atoms with van der Waals surface area (Å²) in [5.41, 5.74) is 3.73. The number of halogens is 2. The van der Waals surface area contributed by atoms with Crippen LogP contribution in [0, 0.1) is 13.8 Å². The molecule has 0 aliphatic rings. The largest absolute Gasteiger partial charge is 0.289 e. The summed E-state index contributed by atoms with van der Waals surface area (Å²) in [6.45, 7) is 3.65. The predicted octanol–water partition coefficient (Wildman–Crippen LogP) is 3.53. The van der Waals surface area contributed by atoms with Crippen LogP contribution in [0.15, 0.2) is 34.4 Å².